The average molecular weight is 262 g/mol. The fourth-order valence-corrected chi connectivity index (χ4v) is 1.98. The summed E-state index contributed by atoms with van der Waals surface area (Å²) in [6, 6.07) is 4.19. The number of methoxy groups -OCH3 is 1. The first-order valence-corrected chi connectivity index (χ1v) is 6.34. The van der Waals surface area contributed by atoms with Crippen LogP contribution in [0, 0.1) is 0 Å². The number of carboxylic acid groups (broad SMARTS) is 1. The number of hydrogen-bond donors (Lipinski definition) is 1. The lowest BCUT2D eigenvalue weighted by Crippen LogP contribution is -2.30. The maximum Gasteiger partial charge on any atom is 0.328 e. The molecule has 0 aliphatic heterocycles. The number of aromatic nitrogens is 1. The molecule has 1 aromatic heterocycles. The van der Waals surface area contributed by atoms with Gasteiger partial charge in [-0.2, -0.15) is 0 Å². The molecule has 0 bridgehead atoms. The summed E-state index contributed by atoms with van der Waals surface area (Å²) in [4.78, 5) is 17.2. The predicted molar refractivity (Wildman–Crippen MR) is 73.2 cm³/mol. The Labute approximate surface area is 112 Å². The first-order chi connectivity index (χ1) is 9.22. The molecule has 5 heteroatoms. The maximum atomic E-state index is 10.6. The topological polar surface area (TPSA) is 62.7 Å². The zero-order valence-electron chi connectivity index (χ0n) is 11.0. The second-order valence-corrected chi connectivity index (χ2v) is 4.51. The van der Waals surface area contributed by atoms with E-state index in [0.717, 1.165) is 36.8 Å². The summed E-state index contributed by atoms with van der Waals surface area (Å²) in [7, 11) is 1.68. The number of carbonyl (C=O) groups is 1. The van der Waals surface area contributed by atoms with E-state index in [-0.39, 0.29) is 0 Å². The van der Waals surface area contributed by atoms with E-state index in [2.05, 4.69) is 9.88 Å². The molecule has 1 aromatic rings. The van der Waals surface area contributed by atoms with E-state index in [1.54, 1.807) is 19.4 Å². The van der Waals surface area contributed by atoms with Crippen LogP contribution in [0.3, 0.4) is 0 Å². The van der Waals surface area contributed by atoms with Gasteiger partial charge in [0.25, 0.3) is 0 Å². The number of pyridine rings is 1. The average Bonchev–Trinajstić information content (AvgIpc) is 3.22. The van der Waals surface area contributed by atoms with Crippen LogP contribution in [-0.4, -0.2) is 42.4 Å². The van der Waals surface area contributed by atoms with Gasteiger partial charge in [0.15, 0.2) is 0 Å². The zero-order valence-corrected chi connectivity index (χ0v) is 11.0. The fraction of sp³-hybridized carbons (Fsp3) is 0.429. The highest BCUT2D eigenvalue weighted by Gasteiger charge is 2.30. The molecular formula is C14H18N2O3. The Hall–Kier alpha value is -1.88. The molecule has 1 aliphatic carbocycles. The van der Waals surface area contributed by atoms with Crippen LogP contribution in [0.4, 0.5) is 5.82 Å². The number of nitrogens with zero attached hydrogens (tertiary/aromatic N) is 2. The standard InChI is InChI=1S/C14H18N2O3/c1-19-10-9-16(12-5-6-12)14-11(3-2-8-15-14)4-7-13(17)18/h2-4,7-8,12H,5-6,9-10H2,1H3,(H,17,18)/b7-4+. The van der Waals surface area contributed by atoms with Crippen LogP contribution in [0.2, 0.25) is 0 Å². The molecule has 5 nitrogen and oxygen atoms in total. The van der Waals surface area contributed by atoms with E-state index < -0.39 is 5.97 Å². The molecule has 2 rings (SSSR count). The molecule has 1 saturated carbocycles. The smallest absolute Gasteiger partial charge is 0.328 e. The van der Waals surface area contributed by atoms with E-state index >= 15 is 0 Å². The normalized spacial score (nSPS) is 14.8. The van der Waals surface area contributed by atoms with Crippen LogP contribution in [0.1, 0.15) is 18.4 Å². The lowest BCUT2D eigenvalue weighted by molar-refractivity contribution is -0.131. The van der Waals surface area contributed by atoms with E-state index in [9.17, 15) is 4.79 Å². The third kappa shape index (κ3) is 3.79. The van der Waals surface area contributed by atoms with Crippen molar-refractivity contribution in [2.24, 2.45) is 0 Å². The van der Waals surface area contributed by atoms with Gasteiger partial charge >= 0.3 is 5.97 Å². The first-order valence-electron chi connectivity index (χ1n) is 6.34. The van der Waals surface area contributed by atoms with Gasteiger partial charge in [-0.3, -0.25) is 0 Å². The van der Waals surface area contributed by atoms with Crippen molar-refractivity contribution in [3.8, 4) is 0 Å². The van der Waals surface area contributed by atoms with Crippen LogP contribution in [0.15, 0.2) is 24.4 Å². The largest absolute Gasteiger partial charge is 0.478 e. The quantitative estimate of drug-likeness (QED) is 0.759. The van der Waals surface area contributed by atoms with Gasteiger partial charge in [0.05, 0.1) is 6.61 Å². The molecule has 0 spiro atoms. The van der Waals surface area contributed by atoms with E-state index in [0.29, 0.717) is 12.6 Å². The summed E-state index contributed by atoms with van der Waals surface area (Å²) < 4.78 is 5.13. The fourth-order valence-electron chi connectivity index (χ4n) is 1.98. The van der Waals surface area contributed by atoms with Crippen LogP contribution < -0.4 is 4.90 Å². The molecule has 0 aromatic carbocycles. The minimum atomic E-state index is -0.954. The maximum absolute atomic E-state index is 10.6. The van der Waals surface area contributed by atoms with Gasteiger partial charge < -0.3 is 14.7 Å². The number of rotatable bonds is 7. The molecule has 0 saturated heterocycles. The third-order valence-corrected chi connectivity index (χ3v) is 3.02. The summed E-state index contributed by atoms with van der Waals surface area (Å²) in [5.74, 6) is -0.121. The minimum absolute atomic E-state index is 0.502. The molecule has 0 radical (unpaired) electrons. The summed E-state index contributed by atoms with van der Waals surface area (Å²) in [6.45, 7) is 1.40. The van der Waals surface area contributed by atoms with Crippen LogP contribution in [0.5, 0.6) is 0 Å². The van der Waals surface area contributed by atoms with Gasteiger partial charge in [0, 0.05) is 37.5 Å². The monoisotopic (exact) mass is 262 g/mol. The number of anilines is 1. The van der Waals surface area contributed by atoms with Crippen molar-refractivity contribution in [2.45, 2.75) is 18.9 Å². The highest BCUT2D eigenvalue weighted by atomic mass is 16.5. The second kappa shape index (κ2) is 6.33. The lowest BCUT2D eigenvalue weighted by atomic mass is 10.2. The van der Waals surface area contributed by atoms with Gasteiger partial charge in [0.2, 0.25) is 0 Å². The van der Waals surface area contributed by atoms with Gasteiger partial charge in [-0.15, -0.1) is 0 Å². The molecule has 1 N–H and O–H groups in total. The molecule has 0 unspecified atom stereocenters. The van der Waals surface area contributed by atoms with Crippen molar-refractivity contribution in [1.82, 2.24) is 4.98 Å². The molecule has 102 valence electrons. The van der Waals surface area contributed by atoms with E-state index in [4.69, 9.17) is 9.84 Å². The van der Waals surface area contributed by atoms with E-state index in [1.807, 2.05) is 12.1 Å². The zero-order chi connectivity index (χ0) is 13.7. The molecular weight excluding hydrogens is 244 g/mol. The molecule has 1 fully saturated rings. The van der Waals surface area contributed by atoms with Crippen LogP contribution in [0.25, 0.3) is 6.08 Å². The second-order valence-electron chi connectivity index (χ2n) is 4.51. The number of hydrogen-bond acceptors (Lipinski definition) is 4. The third-order valence-electron chi connectivity index (χ3n) is 3.02. The Bertz CT molecular complexity index is 470. The number of ether oxygens (including phenoxy) is 1. The van der Waals surface area contributed by atoms with Gasteiger partial charge in [-0.05, 0) is 31.1 Å². The minimum Gasteiger partial charge on any atom is -0.478 e. The van der Waals surface area contributed by atoms with Crippen molar-refractivity contribution in [2.75, 3.05) is 25.2 Å². The van der Waals surface area contributed by atoms with Crippen molar-refractivity contribution in [1.29, 1.82) is 0 Å². The van der Waals surface area contributed by atoms with Gasteiger partial charge in [-0.25, -0.2) is 9.78 Å². The van der Waals surface area contributed by atoms with Crippen molar-refractivity contribution < 1.29 is 14.6 Å². The Kier molecular flexibility index (Phi) is 4.52. The van der Waals surface area contributed by atoms with Crippen molar-refractivity contribution in [3.63, 3.8) is 0 Å². The summed E-state index contributed by atoms with van der Waals surface area (Å²) >= 11 is 0. The Morgan fingerprint density at radius 1 is 1.63 bits per heavy atom. The Morgan fingerprint density at radius 3 is 3.05 bits per heavy atom. The molecule has 1 aliphatic rings. The summed E-state index contributed by atoms with van der Waals surface area (Å²) in [5, 5.41) is 8.73. The van der Waals surface area contributed by atoms with Crippen LogP contribution in [-0.2, 0) is 9.53 Å². The summed E-state index contributed by atoms with van der Waals surface area (Å²) in [5.41, 5.74) is 0.827. The predicted octanol–water partition coefficient (Wildman–Crippen LogP) is 1.79. The summed E-state index contributed by atoms with van der Waals surface area (Å²) in [6.07, 6.45) is 6.77. The van der Waals surface area contributed by atoms with Crippen molar-refractivity contribution >= 4 is 17.9 Å². The van der Waals surface area contributed by atoms with E-state index in [1.165, 1.54) is 0 Å². The Balaban J connectivity index is 2.22. The highest BCUT2D eigenvalue weighted by molar-refractivity contribution is 5.86. The van der Waals surface area contributed by atoms with Gasteiger partial charge in [-0.1, -0.05) is 0 Å². The lowest BCUT2D eigenvalue weighted by Gasteiger charge is -2.24. The van der Waals surface area contributed by atoms with Gasteiger partial charge in [0.1, 0.15) is 5.82 Å². The number of aliphatic carboxylic acids is 1. The Morgan fingerprint density at radius 2 is 2.42 bits per heavy atom. The van der Waals surface area contributed by atoms with Crippen molar-refractivity contribution in [3.05, 3.63) is 30.0 Å². The first kappa shape index (κ1) is 13.5. The van der Waals surface area contributed by atoms with Crippen LogP contribution >= 0.6 is 0 Å². The molecule has 1 heterocycles. The molecule has 0 amide bonds. The SMILES string of the molecule is COCCN(c1ncccc1/C=C/C(=O)O)C1CC1. The highest BCUT2D eigenvalue weighted by Crippen LogP contribution is 2.32. The number of carboxylic acids is 1. The molecule has 19 heavy (non-hydrogen) atoms. The molecule has 0 atom stereocenters.